The Hall–Kier alpha value is -2.79. The molecule has 152 valence electrons. The lowest BCUT2D eigenvalue weighted by Crippen LogP contribution is -2.38. The highest BCUT2D eigenvalue weighted by Crippen LogP contribution is 2.22. The lowest BCUT2D eigenvalue weighted by molar-refractivity contribution is 0.154. The normalized spacial score (nSPS) is 16.9. The summed E-state index contributed by atoms with van der Waals surface area (Å²) in [4.78, 5) is 17.6. The number of aromatic amines is 1. The van der Waals surface area contributed by atoms with E-state index in [9.17, 15) is 9.90 Å². The van der Waals surface area contributed by atoms with Crippen molar-refractivity contribution in [2.75, 3.05) is 23.3 Å². The van der Waals surface area contributed by atoms with Gasteiger partial charge in [0.2, 0.25) is 0 Å². The fraction of sp³-hybridized carbons (Fsp3) is 0.375. The molecule has 1 fully saturated rings. The van der Waals surface area contributed by atoms with Gasteiger partial charge in [0.05, 0.1) is 6.10 Å². The third-order valence-corrected chi connectivity index (χ3v) is 5.64. The molecule has 2 heterocycles. The van der Waals surface area contributed by atoms with Crippen LogP contribution in [0.4, 0.5) is 11.4 Å². The number of hydrogen-bond donors (Lipinski definition) is 3. The van der Waals surface area contributed by atoms with Crippen LogP contribution in [-0.2, 0) is 13.0 Å². The zero-order valence-electron chi connectivity index (χ0n) is 16.9. The second-order valence-corrected chi connectivity index (χ2v) is 7.94. The summed E-state index contributed by atoms with van der Waals surface area (Å²) in [5.41, 5.74) is 4.96. The molecule has 3 N–H and O–H groups in total. The molecule has 1 atom stereocenters. The molecule has 0 spiro atoms. The standard InChI is InChI=1S/C24H29N3O2/c1-2-4-17-6-11-23-18(13-17)14-19(24(29)26-23)15-25-20-7-9-21(10-8-20)27-12-3-5-22(28)16-27/h6-11,13-14,22,25,28H,2-5,12,15-16H2,1H3,(H,26,29). The Labute approximate surface area is 171 Å². The van der Waals surface area contributed by atoms with Gasteiger partial charge in [-0.1, -0.05) is 19.4 Å². The molecule has 5 heteroatoms. The number of piperidine rings is 1. The summed E-state index contributed by atoms with van der Waals surface area (Å²) in [5, 5.41) is 14.3. The fourth-order valence-electron chi connectivity index (χ4n) is 4.05. The number of aliphatic hydroxyl groups is 1. The second kappa shape index (κ2) is 8.70. The minimum absolute atomic E-state index is 0.0489. The molecular weight excluding hydrogens is 362 g/mol. The lowest BCUT2D eigenvalue weighted by Gasteiger charge is -2.32. The molecule has 0 saturated carbocycles. The van der Waals surface area contributed by atoms with Crippen LogP contribution in [0.2, 0.25) is 0 Å². The third kappa shape index (κ3) is 4.62. The van der Waals surface area contributed by atoms with E-state index in [2.05, 4.69) is 46.4 Å². The van der Waals surface area contributed by atoms with Crippen molar-refractivity contribution in [2.45, 2.75) is 45.3 Å². The number of nitrogens with zero attached hydrogens (tertiary/aromatic N) is 1. The van der Waals surface area contributed by atoms with Crippen molar-refractivity contribution in [3.63, 3.8) is 0 Å². The maximum Gasteiger partial charge on any atom is 0.253 e. The fourth-order valence-corrected chi connectivity index (χ4v) is 4.05. The van der Waals surface area contributed by atoms with Crippen molar-refractivity contribution >= 4 is 22.3 Å². The Morgan fingerprint density at radius 1 is 1.17 bits per heavy atom. The summed E-state index contributed by atoms with van der Waals surface area (Å²) in [7, 11) is 0. The van der Waals surface area contributed by atoms with Gasteiger partial charge in [-0.3, -0.25) is 4.79 Å². The molecule has 3 aromatic rings. The number of fused-ring (bicyclic) bond motifs is 1. The molecule has 29 heavy (non-hydrogen) atoms. The average molecular weight is 392 g/mol. The minimum Gasteiger partial charge on any atom is -0.391 e. The zero-order valence-corrected chi connectivity index (χ0v) is 16.9. The molecule has 1 aliphatic heterocycles. The molecular formula is C24H29N3O2. The summed E-state index contributed by atoms with van der Waals surface area (Å²) < 4.78 is 0. The molecule has 0 aliphatic carbocycles. The molecule has 1 aromatic heterocycles. The van der Waals surface area contributed by atoms with Crippen molar-refractivity contribution in [2.24, 2.45) is 0 Å². The SMILES string of the molecule is CCCc1ccc2[nH]c(=O)c(CNc3ccc(N4CCCC(O)C4)cc3)cc2c1. The van der Waals surface area contributed by atoms with Gasteiger partial charge >= 0.3 is 0 Å². The van der Waals surface area contributed by atoms with Gasteiger partial charge in [-0.2, -0.15) is 0 Å². The first-order valence-electron chi connectivity index (χ1n) is 10.5. The Balaban J connectivity index is 1.46. The second-order valence-electron chi connectivity index (χ2n) is 7.94. The predicted octanol–water partition coefficient (Wildman–Crippen LogP) is 4.05. The first kappa shape index (κ1) is 19.5. The van der Waals surface area contributed by atoms with Crippen LogP contribution < -0.4 is 15.8 Å². The number of aryl methyl sites for hydroxylation is 1. The highest BCUT2D eigenvalue weighted by Gasteiger charge is 2.17. The van der Waals surface area contributed by atoms with Crippen molar-refractivity contribution in [1.82, 2.24) is 4.98 Å². The molecule has 4 rings (SSSR count). The molecule has 5 nitrogen and oxygen atoms in total. The highest BCUT2D eigenvalue weighted by molar-refractivity contribution is 5.79. The lowest BCUT2D eigenvalue weighted by atomic mass is 10.1. The van der Waals surface area contributed by atoms with Crippen LogP contribution in [0.25, 0.3) is 10.9 Å². The quantitative estimate of drug-likeness (QED) is 0.593. The number of rotatable bonds is 6. The Bertz CT molecular complexity index is 1030. The number of benzene rings is 2. The van der Waals surface area contributed by atoms with Crippen molar-refractivity contribution in [1.29, 1.82) is 0 Å². The number of aromatic nitrogens is 1. The van der Waals surface area contributed by atoms with Gasteiger partial charge in [0.15, 0.2) is 0 Å². The molecule has 1 unspecified atom stereocenters. The largest absolute Gasteiger partial charge is 0.391 e. The molecule has 1 aliphatic rings. The summed E-state index contributed by atoms with van der Waals surface area (Å²) >= 11 is 0. The predicted molar refractivity (Wildman–Crippen MR) is 120 cm³/mol. The van der Waals surface area contributed by atoms with Gasteiger partial charge in [-0.05, 0) is 72.7 Å². The van der Waals surface area contributed by atoms with E-state index >= 15 is 0 Å². The van der Waals surface area contributed by atoms with Crippen molar-refractivity contribution < 1.29 is 5.11 Å². The number of pyridine rings is 1. The number of hydrogen-bond acceptors (Lipinski definition) is 4. The molecule has 1 saturated heterocycles. The minimum atomic E-state index is -0.237. The first-order chi connectivity index (χ1) is 14.1. The van der Waals surface area contributed by atoms with E-state index in [0.717, 1.165) is 60.1 Å². The van der Waals surface area contributed by atoms with Crippen LogP contribution >= 0.6 is 0 Å². The van der Waals surface area contributed by atoms with Gasteiger partial charge in [0.1, 0.15) is 0 Å². The van der Waals surface area contributed by atoms with Gasteiger partial charge in [0, 0.05) is 42.1 Å². The Kier molecular flexibility index (Phi) is 5.86. The van der Waals surface area contributed by atoms with E-state index < -0.39 is 0 Å². The third-order valence-electron chi connectivity index (χ3n) is 5.64. The summed E-state index contributed by atoms with van der Waals surface area (Å²) in [6.07, 6.45) is 3.82. The monoisotopic (exact) mass is 391 g/mol. The molecule has 0 radical (unpaired) electrons. The van der Waals surface area contributed by atoms with E-state index in [-0.39, 0.29) is 11.7 Å². The highest BCUT2D eigenvalue weighted by atomic mass is 16.3. The number of H-pyrrole nitrogens is 1. The smallest absolute Gasteiger partial charge is 0.253 e. The van der Waals surface area contributed by atoms with Crippen molar-refractivity contribution in [3.8, 4) is 0 Å². The van der Waals surface area contributed by atoms with E-state index in [0.29, 0.717) is 13.1 Å². The van der Waals surface area contributed by atoms with E-state index in [1.807, 2.05) is 24.3 Å². The van der Waals surface area contributed by atoms with Crippen LogP contribution in [0.3, 0.4) is 0 Å². The van der Waals surface area contributed by atoms with Gasteiger partial charge < -0.3 is 20.3 Å². The number of anilines is 2. The van der Waals surface area contributed by atoms with Crippen molar-refractivity contribution in [3.05, 3.63) is 70.0 Å². The summed E-state index contributed by atoms with van der Waals surface area (Å²) in [5.74, 6) is 0. The maximum atomic E-state index is 12.4. The van der Waals surface area contributed by atoms with Gasteiger partial charge in [-0.25, -0.2) is 0 Å². The van der Waals surface area contributed by atoms with Crippen LogP contribution in [0.5, 0.6) is 0 Å². The maximum absolute atomic E-state index is 12.4. The molecule has 2 aromatic carbocycles. The van der Waals surface area contributed by atoms with Gasteiger partial charge in [0.25, 0.3) is 5.56 Å². The van der Waals surface area contributed by atoms with Crippen LogP contribution in [-0.4, -0.2) is 29.3 Å². The molecule has 0 amide bonds. The Morgan fingerprint density at radius 3 is 2.76 bits per heavy atom. The van der Waals surface area contributed by atoms with E-state index in [1.54, 1.807) is 0 Å². The number of β-amino-alcohol motifs (C(OH)–C–C–N with tert-alkyl or cyclic N) is 1. The number of nitrogens with one attached hydrogen (secondary N) is 2. The zero-order chi connectivity index (χ0) is 20.2. The Morgan fingerprint density at radius 2 is 2.00 bits per heavy atom. The topological polar surface area (TPSA) is 68.4 Å². The van der Waals surface area contributed by atoms with Gasteiger partial charge in [-0.15, -0.1) is 0 Å². The molecule has 0 bridgehead atoms. The average Bonchev–Trinajstić information content (AvgIpc) is 2.73. The van der Waals surface area contributed by atoms with Crippen LogP contribution in [0, 0.1) is 0 Å². The van der Waals surface area contributed by atoms with Crippen LogP contribution in [0.15, 0.2) is 53.3 Å². The summed E-state index contributed by atoms with van der Waals surface area (Å²) in [6, 6.07) is 16.4. The first-order valence-corrected chi connectivity index (χ1v) is 10.5. The van der Waals surface area contributed by atoms with E-state index in [1.165, 1.54) is 5.56 Å². The van der Waals surface area contributed by atoms with E-state index in [4.69, 9.17) is 0 Å². The van der Waals surface area contributed by atoms with Crippen LogP contribution in [0.1, 0.15) is 37.3 Å². The number of aliphatic hydroxyl groups excluding tert-OH is 1. The summed E-state index contributed by atoms with van der Waals surface area (Å²) in [6.45, 7) is 4.33.